The predicted octanol–water partition coefficient (Wildman–Crippen LogP) is 15.3. The molecule has 1 nitrogen and oxygen atoms in total. The smallest absolute Gasteiger partial charge is 0.0546 e. The van der Waals surface area contributed by atoms with Gasteiger partial charge in [-0.25, -0.2) is 0 Å². The van der Waals surface area contributed by atoms with Gasteiger partial charge in [0.25, 0.3) is 0 Å². The molecule has 0 amide bonds. The zero-order valence-electron chi connectivity index (χ0n) is 30.3. The summed E-state index contributed by atoms with van der Waals surface area (Å²) >= 11 is 0. The molecule has 1 heteroatoms. The molecule has 0 aliphatic rings. The standard InChI is InChI=1S/C54H37N/c1-5-15-38(16-6-1)42-26-27-44-37-48(31-29-43(44)35-42)55(47-22-11-4-12-23-47)52-34-33-51(46-30-32-50-45(36-46)28-25-39-17-13-14-24-49(39)50)53(40-18-7-2-8-19-40)54(52)41-20-9-3-10-21-41/h1-37H. The molecule has 0 saturated carbocycles. The summed E-state index contributed by atoms with van der Waals surface area (Å²) in [4.78, 5) is 2.43. The first-order valence-corrected chi connectivity index (χ1v) is 18.9. The molecule has 10 aromatic carbocycles. The number of rotatable bonds is 7. The number of benzene rings is 10. The van der Waals surface area contributed by atoms with Gasteiger partial charge in [0, 0.05) is 16.9 Å². The molecule has 0 atom stereocenters. The van der Waals surface area contributed by atoms with Crippen LogP contribution in [0.5, 0.6) is 0 Å². The van der Waals surface area contributed by atoms with Crippen LogP contribution in [0.4, 0.5) is 17.1 Å². The van der Waals surface area contributed by atoms with Crippen LogP contribution in [0.1, 0.15) is 0 Å². The summed E-state index contributed by atoms with van der Waals surface area (Å²) in [6.45, 7) is 0. The lowest BCUT2D eigenvalue weighted by Gasteiger charge is -2.30. The summed E-state index contributed by atoms with van der Waals surface area (Å²) in [6.07, 6.45) is 0. The lowest BCUT2D eigenvalue weighted by atomic mass is 9.85. The summed E-state index contributed by atoms with van der Waals surface area (Å²) in [6, 6.07) is 81.6. The topological polar surface area (TPSA) is 3.24 Å². The molecule has 0 aromatic heterocycles. The molecular weight excluding hydrogens is 663 g/mol. The van der Waals surface area contributed by atoms with E-state index in [1.807, 2.05) is 0 Å². The van der Waals surface area contributed by atoms with Gasteiger partial charge in [-0.05, 0) is 114 Å². The van der Waals surface area contributed by atoms with Crippen molar-refractivity contribution in [2.75, 3.05) is 4.90 Å². The van der Waals surface area contributed by atoms with Crippen LogP contribution < -0.4 is 4.90 Å². The van der Waals surface area contributed by atoms with E-state index in [2.05, 4.69) is 229 Å². The van der Waals surface area contributed by atoms with Crippen LogP contribution in [0.15, 0.2) is 224 Å². The van der Waals surface area contributed by atoms with Crippen molar-refractivity contribution in [1.29, 1.82) is 0 Å². The van der Waals surface area contributed by atoms with Gasteiger partial charge < -0.3 is 4.90 Å². The fraction of sp³-hybridized carbons (Fsp3) is 0. The van der Waals surface area contributed by atoms with Crippen LogP contribution in [-0.2, 0) is 0 Å². The van der Waals surface area contributed by atoms with E-state index in [4.69, 9.17) is 0 Å². The first kappa shape index (κ1) is 32.4. The Kier molecular flexibility index (Phi) is 8.24. The predicted molar refractivity (Wildman–Crippen MR) is 235 cm³/mol. The minimum Gasteiger partial charge on any atom is -0.310 e. The van der Waals surface area contributed by atoms with Crippen molar-refractivity contribution in [1.82, 2.24) is 0 Å². The molecule has 0 radical (unpaired) electrons. The Hall–Kier alpha value is -7.22. The number of anilines is 3. The van der Waals surface area contributed by atoms with E-state index in [0.717, 1.165) is 17.1 Å². The Morgan fingerprint density at radius 1 is 0.255 bits per heavy atom. The average molecular weight is 700 g/mol. The Morgan fingerprint density at radius 2 is 0.782 bits per heavy atom. The van der Waals surface area contributed by atoms with Gasteiger partial charge in [-0.2, -0.15) is 0 Å². The molecule has 0 bridgehead atoms. The maximum Gasteiger partial charge on any atom is 0.0546 e. The van der Waals surface area contributed by atoms with E-state index < -0.39 is 0 Å². The van der Waals surface area contributed by atoms with E-state index in [-0.39, 0.29) is 0 Å². The second-order valence-corrected chi connectivity index (χ2v) is 14.1. The van der Waals surface area contributed by atoms with Crippen molar-refractivity contribution in [3.05, 3.63) is 224 Å². The van der Waals surface area contributed by atoms with Crippen molar-refractivity contribution in [2.24, 2.45) is 0 Å². The molecule has 0 saturated heterocycles. The SMILES string of the molecule is c1ccc(-c2ccc3cc(N(c4ccccc4)c4ccc(-c5ccc6c(ccc7ccccc76)c5)c(-c5ccccc5)c4-c4ccccc4)ccc3c2)cc1. The van der Waals surface area contributed by atoms with E-state index in [0.29, 0.717) is 0 Å². The molecule has 0 aliphatic heterocycles. The maximum absolute atomic E-state index is 2.43. The minimum absolute atomic E-state index is 1.10. The molecule has 0 unspecified atom stereocenters. The molecule has 10 rings (SSSR count). The summed E-state index contributed by atoms with van der Waals surface area (Å²) in [5, 5.41) is 7.45. The highest BCUT2D eigenvalue weighted by atomic mass is 15.1. The molecule has 0 fully saturated rings. The van der Waals surface area contributed by atoms with Crippen LogP contribution in [-0.4, -0.2) is 0 Å². The highest BCUT2D eigenvalue weighted by molar-refractivity contribution is 6.10. The Morgan fingerprint density at radius 3 is 1.53 bits per heavy atom. The molecule has 0 heterocycles. The second kappa shape index (κ2) is 14.0. The Bertz CT molecular complexity index is 2950. The quantitative estimate of drug-likeness (QED) is 0.150. The number of fused-ring (bicyclic) bond motifs is 4. The fourth-order valence-corrected chi connectivity index (χ4v) is 8.19. The second-order valence-electron chi connectivity index (χ2n) is 14.1. The highest BCUT2D eigenvalue weighted by Crippen LogP contribution is 2.49. The van der Waals surface area contributed by atoms with Crippen LogP contribution in [0.2, 0.25) is 0 Å². The summed E-state index contributed by atoms with van der Waals surface area (Å²) in [5.74, 6) is 0. The molecule has 10 aromatic rings. The van der Waals surface area contributed by atoms with Gasteiger partial charge in [0.15, 0.2) is 0 Å². The highest BCUT2D eigenvalue weighted by Gasteiger charge is 2.24. The van der Waals surface area contributed by atoms with E-state index in [1.165, 1.54) is 76.8 Å². The van der Waals surface area contributed by atoms with Crippen molar-refractivity contribution in [3.63, 3.8) is 0 Å². The third-order valence-electron chi connectivity index (χ3n) is 10.8. The molecule has 258 valence electrons. The van der Waals surface area contributed by atoms with Gasteiger partial charge in [-0.3, -0.25) is 0 Å². The number of nitrogens with zero attached hydrogens (tertiary/aromatic N) is 1. The van der Waals surface area contributed by atoms with Crippen LogP contribution in [0.3, 0.4) is 0 Å². The van der Waals surface area contributed by atoms with Crippen molar-refractivity contribution in [3.8, 4) is 44.5 Å². The van der Waals surface area contributed by atoms with E-state index >= 15 is 0 Å². The molecule has 0 aliphatic carbocycles. The molecule has 0 spiro atoms. The van der Waals surface area contributed by atoms with Crippen LogP contribution in [0, 0.1) is 0 Å². The largest absolute Gasteiger partial charge is 0.310 e. The fourth-order valence-electron chi connectivity index (χ4n) is 8.19. The lowest BCUT2D eigenvalue weighted by molar-refractivity contribution is 1.29. The van der Waals surface area contributed by atoms with Gasteiger partial charge in [0.1, 0.15) is 0 Å². The van der Waals surface area contributed by atoms with Crippen LogP contribution in [0.25, 0.3) is 76.8 Å². The number of hydrogen-bond donors (Lipinski definition) is 0. The van der Waals surface area contributed by atoms with Crippen LogP contribution >= 0.6 is 0 Å². The normalized spacial score (nSPS) is 11.3. The summed E-state index contributed by atoms with van der Waals surface area (Å²) in [5.41, 5.74) is 12.9. The lowest BCUT2D eigenvalue weighted by Crippen LogP contribution is -2.12. The number of hydrogen-bond acceptors (Lipinski definition) is 1. The Balaban J connectivity index is 1.22. The summed E-state index contributed by atoms with van der Waals surface area (Å²) < 4.78 is 0. The van der Waals surface area contributed by atoms with E-state index in [9.17, 15) is 0 Å². The van der Waals surface area contributed by atoms with Gasteiger partial charge in [0.05, 0.1) is 5.69 Å². The molecule has 0 N–H and O–H groups in total. The minimum atomic E-state index is 1.10. The maximum atomic E-state index is 2.43. The Labute approximate surface area is 322 Å². The average Bonchev–Trinajstić information content (AvgIpc) is 3.27. The van der Waals surface area contributed by atoms with Crippen molar-refractivity contribution < 1.29 is 0 Å². The monoisotopic (exact) mass is 699 g/mol. The van der Waals surface area contributed by atoms with E-state index in [1.54, 1.807) is 0 Å². The van der Waals surface area contributed by atoms with Crippen molar-refractivity contribution in [2.45, 2.75) is 0 Å². The third kappa shape index (κ3) is 6.02. The van der Waals surface area contributed by atoms with Gasteiger partial charge >= 0.3 is 0 Å². The number of para-hydroxylation sites is 1. The van der Waals surface area contributed by atoms with Gasteiger partial charge in [-0.15, -0.1) is 0 Å². The first-order valence-electron chi connectivity index (χ1n) is 18.9. The van der Waals surface area contributed by atoms with Crippen molar-refractivity contribution >= 4 is 49.4 Å². The molecular formula is C54H37N. The zero-order chi connectivity index (χ0) is 36.6. The first-order chi connectivity index (χ1) is 27.3. The third-order valence-corrected chi connectivity index (χ3v) is 10.8. The van der Waals surface area contributed by atoms with Gasteiger partial charge in [-0.1, -0.05) is 182 Å². The summed E-state index contributed by atoms with van der Waals surface area (Å²) in [7, 11) is 0. The zero-order valence-corrected chi connectivity index (χ0v) is 30.3. The molecule has 55 heavy (non-hydrogen) atoms. The van der Waals surface area contributed by atoms with Gasteiger partial charge in [0.2, 0.25) is 0 Å².